The molecule has 0 unspecified atom stereocenters. The first-order chi connectivity index (χ1) is 16.9. The van der Waals surface area contributed by atoms with Crippen molar-refractivity contribution in [1.29, 1.82) is 0 Å². The van der Waals surface area contributed by atoms with Crippen LogP contribution >= 0.6 is 0 Å². The van der Waals surface area contributed by atoms with E-state index < -0.39 is 0 Å². The average Bonchev–Trinajstić information content (AvgIpc) is 3.68. The molecule has 186 valence electrons. The Morgan fingerprint density at radius 2 is 2.06 bits per heavy atom. The zero-order chi connectivity index (χ0) is 24.9. The first-order valence-electron chi connectivity index (χ1n) is 12.3. The Morgan fingerprint density at radius 3 is 2.77 bits per heavy atom. The molecule has 1 aromatic carbocycles. The second kappa shape index (κ2) is 11.1. The number of para-hydroxylation sites is 1. The number of aliphatic hydroxyl groups is 1. The lowest BCUT2D eigenvalue weighted by Crippen LogP contribution is -2.50. The van der Waals surface area contributed by atoms with Crippen LogP contribution in [0.2, 0.25) is 0 Å². The first kappa shape index (κ1) is 25.0. The summed E-state index contributed by atoms with van der Waals surface area (Å²) in [6.45, 7) is 6.15. The van der Waals surface area contributed by atoms with E-state index in [1.807, 2.05) is 31.2 Å². The van der Waals surface area contributed by atoms with Crippen LogP contribution in [0.15, 0.2) is 36.5 Å². The number of hydrogen-bond acceptors (Lipinski definition) is 6. The second-order valence-electron chi connectivity index (χ2n) is 9.81. The largest absolute Gasteiger partial charge is 0.495 e. The van der Waals surface area contributed by atoms with Gasteiger partial charge in [0.25, 0.3) is 5.91 Å². The van der Waals surface area contributed by atoms with Crippen LogP contribution in [0.5, 0.6) is 11.6 Å². The topological polar surface area (TPSA) is 75.1 Å². The Bertz CT molecular complexity index is 1100. The Hall–Kier alpha value is -3.08. The number of carbonyl (C=O) groups excluding carboxylic acids is 1. The molecule has 1 aromatic heterocycles. The molecule has 0 radical (unpaired) electrons. The fourth-order valence-electron chi connectivity index (χ4n) is 4.40. The molecule has 3 atom stereocenters. The number of methoxy groups -OCH3 is 1. The van der Waals surface area contributed by atoms with Crippen molar-refractivity contribution < 1.29 is 19.4 Å². The molecule has 35 heavy (non-hydrogen) atoms. The Kier molecular flexibility index (Phi) is 7.94. The molecule has 0 bridgehead atoms. The molecule has 2 heterocycles. The van der Waals surface area contributed by atoms with Crippen LogP contribution < -0.4 is 9.47 Å². The predicted molar refractivity (Wildman–Crippen MR) is 135 cm³/mol. The summed E-state index contributed by atoms with van der Waals surface area (Å²) in [5.41, 5.74) is 1.74. The molecule has 0 saturated heterocycles. The van der Waals surface area contributed by atoms with Gasteiger partial charge in [0.15, 0.2) is 0 Å². The van der Waals surface area contributed by atoms with Gasteiger partial charge in [0.05, 0.1) is 25.3 Å². The Balaban J connectivity index is 1.66. The molecule has 1 amide bonds. The molecular formula is C28H35N3O4. The predicted octanol–water partition coefficient (Wildman–Crippen LogP) is 3.05. The Morgan fingerprint density at radius 1 is 1.29 bits per heavy atom. The fraction of sp³-hybridized carbons (Fsp3) is 0.500. The Labute approximate surface area is 208 Å². The number of aliphatic hydroxyl groups excluding tert-OH is 1. The molecule has 1 aliphatic carbocycles. The summed E-state index contributed by atoms with van der Waals surface area (Å²) in [5, 5.41) is 9.85. The maximum atomic E-state index is 13.6. The highest BCUT2D eigenvalue weighted by molar-refractivity contribution is 5.97. The number of carbonyl (C=O) groups is 1. The monoisotopic (exact) mass is 477 g/mol. The average molecular weight is 478 g/mol. The van der Waals surface area contributed by atoms with Gasteiger partial charge in [-0.05, 0) is 50.9 Å². The van der Waals surface area contributed by atoms with Crippen molar-refractivity contribution >= 4 is 5.91 Å². The number of aromatic nitrogens is 1. The van der Waals surface area contributed by atoms with Crippen molar-refractivity contribution in [3.8, 4) is 23.5 Å². The van der Waals surface area contributed by atoms with Gasteiger partial charge in [-0.1, -0.05) is 30.9 Å². The highest BCUT2D eigenvalue weighted by Gasteiger charge is 2.34. The molecule has 1 fully saturated rings. The summed E-state index contributed by atoms with van der Waals surface area (Å²) in [6, 6.07) is 8.96. The molecule has 1 saturated carbocycles. The summed E-state index contributed by atoms with van der Waals surface area (Å²) in [5.74, 6) is 7.89. The van der Waals surface area contributed by atoms with Crippen molar-refractivity contribution in [2.45, 2.75) is 38.8 Å². The van der Waals surface area contributed by atoms with Gasteiger partial charge in [0, 0.05) is 37.3 Å². The zero-order valence-corrected chi connectivity index (χ0v) is 21.0. The van der Waals surface area contributed by atoms with Crippen molar-refractivity contribution in [1.82, 2.24) is 14.8 Å². The minimum Gasteiger partial charge on any atom is -0.495 e. The summed E-state index contributed by atoms with van der Waals surface area (Å²) < 4.78 is 11.8. The van der Waals surface area contributed by atoms with E-state index in [1.165, 1.54) is 12.8 Å². The van der Waals surface area contributed by atoms with Crippen molar-refractivity contribution in [2.24, 2.45) is 11.8 Å². The number of likely N-dealkylation sites (N-methyl/N-ethyl adjacent to an activating group) is 1. The van der Waals surface area contributed by atoms with E-state index in [1.54, 1.807) is 24.3 Å². The minimum atomic E-state index is -0.316. The number of hydrogen-bond donors (Lipinski definition) is 1. The molecule has 2 aliphatic rings. The third-order valence-corrected chi connectivity index (χ3v) is 6.73. The van der Waals surface area contributed by atoms with Crippen molar-refractivity contribution in [3.63, 3.8) is 0 Å². The number of benzene rings is 1. The third-order valence-electron chi connectivity index (χ3n) is 6.73. The third kappa shape index (κ3) is 6.14. The summed E-state index contributed by atoms with van der Waals surface area (Å²) >= 11 is 0. The van der Waals surface area contributed by atoms with E-state index >= 15 is 0 Å². The lowest BCUT2D eigenvalue weighted by atomic mass is 9.99. The molecule has 7 nitrogen and oxygen atoms in total. The van der Waals surface area contributed by atoms with Crippen LogP contribution in [0.1, 0.15) is 48.2 Å². The van der Waals surface area contributed by atoms with Gasteiger partial charge in [0.1, 0.15) is 17.4 Å². The van der Waals surface area contributed by atoms with Crippen LogP contribution in [0.4, 0.5) is 0 Å². The number of fused-ring (bicyclic) bond motifs is 1. The van der Waals surface area contributed by atoms with E-state index in [9.17, 15) is 9.90 Å². The quantitative estimate of drug-likeness (QED) is 0.618. The number of nitrogens with zero attached hydrogens (tertiary/aromatic N) is 3. The minimum absolute atomic E-state index is 0.0783. The molecule has 1 N–H and O–H groups in total. The van der Waals surface area contributed by atoms with Crippen molar-refractivity contribution in [3.05, 3.63) is 53.2 Å². The van der Waals surface area contributed by atoms with Gasteiger partial charge < -0.3 is 24.4 Å². The molecular weight excluding hydrogens is 442 g/mol. The van der Waals surface area contributed by atoms with Crippen LogP contribution in [0.25, 0.3) is 0 Å². The van der Waals surface area contributed by atoms with Gasteiger partial charge in [-0.25, -0.2) is 4.98 Å². The highest BCUT2D eigenvalue weighted by atomic mass is 16.5. The lowest BCUT2D eigenvalue weighted by Gasteiger charge is -2.37. The van der Waals surface area contributed by atoms with E-state index in [0.29, 0.717) is 29.3 Å². The second-order valence-corrected chi connectivity index (χ2v) is 9.81. The number of ether oxygens (including phenoxy) is 2. The smallest absolute Gasteiger partial charge is 0.259 e. The van der Waals surface area contributed by atoms with Gasteiger partial charge in [-0.3, -0.25) is 4.79 Å². The number of rotatable bonds is 7. The van der Waals surface area contributed by atoms with Crippen molar-refractivity contribution in [2.75, 3.05) is 40.4 Å². The van der Waals surface area contributed by atoms with E-state index in [0.717, 1.165) is 24.6 Å². The molecule has 1 aliphatic heterocycles. The molecule has 0 spiro atoms. The lowest BCUT2D eigenvalue weighted by molar-refractivity contribution is 0.0327. The standard InChI is InChI=1S/C28H35N3O4/c1-19-15-31(20(2)18-32)28(33)24-13-22(11-12-23-7-5-6-8-25(23)34-4)14-29-27(24)35-26(19)17-30(3)16-21-9-10-21/h5-8,13-14,19-21,26,32H,9-10,15-18H2,1-4H3/t19-,20-,26-/m0/s1. The van der Waals surface area contributed by atoms with E-state index in [-0.39, 0.29) is 30.6 Å². The molecule has 7 heteroatoms. The van der Waals surface area contributed by atoms with Gasteiger partial charge in [0.2, 0.25) is 5.88 Å². The normalized spacial score (nSPS) is 20.7. The number of pyridine rings is 1. The highest BCUT2D eigenvalue weighted by Crippen LogP contribution is 2.31. The van der Waals surface area contributed by atoms with E-state index in [2.05, 4.69) is 35.7 Å². The first-order valence-corrected chi connectivity index (χ1v) is 12.3. The van der Waals surface area contributed by atoms with E-state index in [4.69, 9.17) is 9.47 Å². The molecule has 2 aromatic rings. The van der Waals surface area contributed by atoms with Crippen LogP contribution in [-0.4, -0.2) is 78.3 Å². The van der Waals surface area contributed by atoms with Gasteiger partial charge in [-0.15, -0.1) is 0 Å². The number of amides is 1. The zero-order valence-electron chi connectivity index (χ0n) is 21.0. The van der Waals surface area contributed by atoms with Crippen LogP contribution in [-0.2, 0) is 0 Å². The van der Waals surface area contributed by atoms with Gasteiger partial charge in [-0.2, -0.15) is 0 Å². The fourth-order valence-corrected chi connectivity index (χ4v) is 4.40. The maximum absolute atomic E-state index is 13.6. The summed E-state index contributed by atoms with van der Waals surface area (Å²) in [6.07, 6.45) is 4.11. The maximum Gasteiger partial charge on any atom is 0.259 e. The van der Waals surface area contributed by atoms with Crippen LogP contribution in [0.3, 0.4) is 0 Å². The summed E-state index contributed by atoms with van der Waals surface area (Å²) in [4.78, 5) is 22.1. The van der Waals surface area contributed by atoms with Crippen LogP contribution in [0, 0.1) is 23.7 Å². The molecule has 4 rings (SSSR count). The van der Waals surface area contributed by atoms with Gasteiger partial charge >= 0.3 is 0 Å². The summed E-state index contributed by atoms with van der Waals surface area (Å²) in [7, 11) is 3.73. The SMILES string of the molecule is COc1ccccc1C#Cc1cnc2c(c1)C(=O)N([C@@H](C)CO)C[C@H](C)[C@H](CN(C)CC1CC1)O2.